The first-order valence-electron chi connectivity index (χ1n) is 10.1. The summed E-state index contributed by atoms with van der Waals surface area (Å²) in [5.74, 6) is -1.09. The van der Waals surface area contributed by atoms with E-state index in [1.807, 2.05) is 23.6 Å². The molecule has 0 fully saturated rings. The number of carbonyl (C=O) groups is 1. The topological polar surface area (TPSA) is 99.2 Å². The molecule has 5 rings (SSSR count). The van der Waals surface area contributed by atoms with Gasteiger partial charge in [0, 0.05) is 29.6 Å². The fourth-order valence-corrected chi connectivity index (χ4v) is 3.62. The molecule has 11 heteroatoms. The predicted molar refractivity (Wildman–Crippen MR) is 119 cm³/mol. The molecule has 0 atom stereocenters. The van der Waals surface area contributed by atoms with Crippen LogP contribution in [0.15, 0.2) is 61.3 Å². The van der Waals surface area contributed by atoms with E-state index < -0.39 is 17.7 Å². The number of halogens is 2. The van der Waals surface area contributed by atoms with E-state index in [0.717, 1.165) is 34.6 Å². The Morgan fingerprint density at radius 3 is 2.62 bits per heavy atom. The number of hydrogen-bond donors (Lipinski definition) is 1. The maximum Gasteiger partial charge on any atom is 0.412 e. The molecule has 0 spiro atoms. The number of anilines is 1. The molecule has 4 aromatic heterocycles. The molecular formula is C23H17F2N7O2. The first-order chi connectivity index (χ1) is 16.4. The quantitative estimate of drug-likeness (QED) is 0.426. The van der Waals surface area contributed by atoms with Crippen LogP contribution < -0.4 is 5.32 Å². The number of hydrogen-bond acceptors (Lipinski definition) is 6. The van der Waals surface area contributed by atoms with E-state index in [0.29, 0.717) is 22.9 Å². The number of imidazole rings is 1. The fraction of sp³-hybridized carbons (Fsp3) is 0.0870. The smallest absolute Gasteiger partial charge is 0.412 e. The molecule has 5 aromatic rings. The van der Waals surface area contributed by atoms with Crippen LogP contribution in [0.1, 0.15) is 5.56 Å². The Morgan fingerprint density at radius 2 is 1.88 bits per heavy atom. The highest BCUT2D eigenvalue weighted by Gasteiger charge is 2.16. The lowest BCUT2D eigenvalue weighted by atomic mass is 10.1. The molecule has 0 saturated carbocycles. The van der Waals surface area contributed by atoms with Crippen LogP contribution in [-0.2, 0) is 4.74 Å². The summed E-state index contributed by atoms with van der Waals surface area (Å²) < 4.78 is 35.3. The molecule has 0 aliphatic carbocycles. The van der Waals surface area contributed by atoms with Gasteiger partial charge in [-0.25, -0.2) is 23.5 Å². The Hall–Kier alpha value is -4.67. The predicted octanol–water partition coefficient (Wildman–Crippen LogP) is 4.41. The minimum Gasteiger partial charge on any atom is -0.453 e. The Balaban J connectivity index is 1.57. The van der Waals surface area contributed by atoms with Gasteiger partial charge in [0.25, 0.3) is 0 Å². The van der Waals surface area contributed by atoms with Gasteiger partial charge in [-0.05, 0) is 42.8 Å². The van der Waals surface area contributed by atoms with Crippen LogP contribution in [0.3, 0.4) is 0 Å². The number of pyridine rings is 2. The summed E-state index contributed by atoms with van der Waals surface area (Å²) in [5, 5.41) is 10.7. The lowest BCUT2D eigenvalue weighted by Crippen LogP contribution is -2.11. The van der Waals surface area contributed by atoms with Gasteiger partial charge >= 0.3 is 6.09 Å². The van der Waals surface area contributed by atoms with Crippen molar-refractivity contribution in [3.05, 3.63) is 78.5 Å². The van der Waals surface area contributed by atoms with Crippen molar-refractivity contribution >= 4 is 17.6 Å². The van der Waals surface area contributed by atoms with Gasteiger partial charge in [-0.1, -0.05) is 0 Å². The highest BCUT2D eigenvalue weighted by Crippen LogP contribution is 2.28. The van der Waals surface area contributed by atoms with Crippen LogP contribution in [0.5, 0.6) is 0 Å². The molecule has 34 heavy (non-hydrogen) atoms. The number of ether oxygens (including phenoxy) is 1. The average Bonchev–Trinajstić information content (AvgIpc) is 3.49. The van der Waals surface area contributed by atoms with E-state index >= 15 is 0 Å². The maximum atomic E-state index is 13.8. The first-order valence-corrected chi connectivity index (χ1v) is 10.1. The van der Waals surface area contributed by atoms with Crippen LogP contribution in [0.25, 0.3) is 34.0 Å². The molecule has 9 nitrogen and oxygen atoms in total. The van der Waals surface area contributed by atoms with Gasteiger partial charge in [-0.15, -0.1) is 10.2 Å². The molecule has 0 unspecified atom stereocenters. The number of methoxy groups -OCH3 is 1. The summed E-state index contributed by atoms with van der Waals surface area (Å²) in [5.41, 5.74) is 4.22. The zero-order chi connectivity index (χ0) is 23.8. The summed E-state index contributed by atoms with van der Waals surface area (Å²) in [6.45, 7) is 1.91. The average molecular weight is 461 g/mol. The summed E-state index contributed by atoms with van der Waals surface area (Å²) in [6, 6.07) is 8.95. The minimum atomic E-state index is -0.960. The van der Waals surface area contributed by atoms with Crippen molar-refractivity contribution in [1.82, 2.24) is 29.1 Å². The minimum absolute atomic E-state index is 0.348. The van der Waals surface area contributed by atoms with Gasteiger partial charge in [-0.3, -0.25) is 14.3 Å². The van der Waals surface area contributed by atoms with E-state index in [4.69, 9.17) is 0 Å². The largest absolute Gasteiger partial charge is 0.453 e. The normalized spacial score (nSPS) is 11.1. The Labute approximate surface area is 191 Å². The summed E-state index contributed by atoms with van der Waals surface area (Å²) in [4.78, 5) is 20.1. The third-order valence-corrected chi connectivity index (χ3v) is 5.25. The van der Waals surface area contributed by atoms with Crippen molar-refractivity contribution in [2.24, 2.45) is 0 Å². The third kappa shape index (κ3) is 3.72. The van der Waals surface area contributed by atoms with Crippen LogP contribution in [0, 0.1) is 18.6 Å². The van der Waals surface area contributed by atoms with Gasteiger partial charge in [0.15, 0.2) is 17.5 Å². The van der Waals surface area contributed by atoms with E-state index in [-0.39, 0.29) is 0 Å². The number of rotatable bonds is 4. The lowest BCUT2D eigenvalue weighted by molar-refractivity contribution is 0.187. The lowest BCUT2D eigenvalue weighted by Gasteiger charge is -2.10. The summed E-state index contributed by atoms with van der Waals surface area (Å²) >= 11 is 0. The van der Waals surface area contributed by atoms with Gasteiger partial charge in [0.2, 0.25) is 0 Å². The van der Waals surface area contributed by atoms with Crippen molar-refractivity contribution in [1.29, 1.82) is 0 Å². The van der Waals surface area contributed by atoms with Crippen molar-refractivity contribution in [2.75, 3.05) is 12.4 Å². The molecule has 4 heterocycles. The number of carbonyl (C=O) groups excluding carboxylic acids is 1. The molecule has 0 aliphatic heterocycles. The standard InChI is InChI=1S/C23H17F2N7O2/c1-13-7-15(22-30-28-12-32(22)16-4-5-17(24)18(25)8-16)11-31-19(10-27-21(13)31)14-3-6-20(26-9-14)29-23(33)34-2/h3-12H,1-2H3,(H,26,29,33). The number of fused-ring (bicyclic) bond motifs is 1. The van der Waals surface area contributed by atoms with Crippen LogP contribution in [0.2, 0.25) is 0 Å². The number of benzene rings is 1. The SMILES string of the molecule is COC(=O)Nc1ccc(-c2cnc3c(C)cc(-c4nncn4-c4ccc(F)c(F)c4)cn23)cn1. The van der Waals surface area contributed by atoms with Gasteiger partial charge in [-0.2, -0.15) is 0 Å². The summed E-state index contributed by atoms with van der Waals surface area (Å²) in [6.07, 6.45) is 6.00. The Morgan fingerprint density at radius 1 is 1.03 bits per heavy atom. The third-order valence-electron chi connectivity index (χ3n) is 5.25. The molecule has 0 aliphatic rings. The Kier molecular flexibility index (Phi) is 5.21. The number of nitrogens with one attached hydrogen (secondary N) is 1. The van der Waals surface area contributed by atoms with E-state index in [9.17, 15) is 13.6 Å². The zero-order valence-corrected chi connectivity index (χ0v) is 18.0. The first kappa shape index (κ1) is 21.2. The van der Waals surface area contributed by atoms with E-state index in [1.54, 1.807) is 29.1 Å². The molecule has 1 N–H and O–H groups in total. The maximum absolute atomic E-state index is 13.8. The number of nitrogens with zero attached hydrogens (tertiary/aromatic N) is 6. The molecule has 1 amide bonds. The van der Waals surface area contributed by atoms with Gasteiger partial charge in [0.05, 0.1) is 24.7 Å². The number of aromatic nitrogens is 6. The van der Waals surface area contributed by atoms with E-state index in [2.05, 4.69) is 30.2 Å². The highest BCUT2D eigenvalue weighted by atomic mass is 19.2. The monoisotopic (exact) mass is 461 g/mol. The molecule has 170 valence electrons. The molecular weight excluding hydrogens is 444 g/mol. The van der Waals surface area contributed by atoms with Crippen molar-refractivity contribution in [3.8, 4) is 28.3 Å². The highest BCUT2D eigenvalue weighted by molar-refractivity contribution is 5.83. The Bertz CT molecular complexity index is 1530. The van der Waals surface area contributed by atoms with Crippen molar-refractivity contribution < 1.29 is 18.3 Å². The fourth-order valence-electron chi connectivity index (χ4n) is 3.62. The van der Waals surface area contributed by atoms with Crippen LogP contribution >= 0.6 is 0 Å². The summed E-state index contributed by atoms with van der Waals surface area (Å²) in [7, 11) is 1.27. The molecule has 0 saturated heterocycles. The second-order valence-electron chi connectivity index (χ2n) is 7.42. The van der Waals surface area contributed by atoms with Crippen molar-refractivity contribution in [3.63, 3.8) is 0 Å². The molecule has 0 bridgehead atoms. The molecule has 0 radical (unpaired) electrons. The number of amides is 1. The second-order valence-corrected chi connectivity index (χ2v) is 7.42. The molecule has 1 aromatic carbocycles. The number of aryl methyl sites for hydroxylation is 1. The van der Waals surface area contributed by atoms with E-state index in [1.165, 1.54) is 19.5 Å². The van der Waals surface area contributed by atoms with Gasteiger partial charge in [0.1, 0.15) is 17.8 Å². The second kappa shape index (κ2) is 8.35. The zero-order valence-electron chi connectivity index (χ0n) is 18.0. The van der Waals surface area contributed by atoms with Crippen LogP contribution in [-0.4, -0.2) is 42.3 Å². The van der Waals surface area contributed by atoms with Crippen LogP contribution in [0.4, 0.5) is 19.4 Å². The van der Waals surface area contributed by atoms with Crippen molar-refractivity contribution in [2.45, 2.75) is 6.92 Å². The van der Waals surface area contributed by atoms with Gasteiger partial charge < -0.3 is 4.74 Å².